The fraction of sp³-hybridized carbons (Fsp3) is 0.440. The van der Waals surface area contributed by atoms with Crippen LogP contribution in [0.25, 0.3) is 0 Å². The first-order valence-electron chi connectivity index (χ1n) is 11.0. The fourth-order valence-corrected chi connectivity index (χ4v) is 4.91. The van der Waals surface area contributed by atoms with E-state index in [1.165, 1.54) is 24.3 Å². The van der Waals surface area contributed by atoms with Crippen molar-refractivity contribution >= 4 is 11.8 Å². The molecule has 0 aromatic heterocycles. The highest BCUT2D eigenvalue weighted by Gasteiger charge is 2.38. The van der Waals surface area contributed by atoms with Gasteiger partial charge in [0.25, 0.3) is 0 Å². The summed E-state index contributed by atoms with van der Waals surface area (Å²) in [5.41, 5.74) is 2.90. The standard InChI is InChI=1S/C25H29FN2O3/c1-31-22-15-17(9-10-20(22)26)16-25(14-12-24(30)28-25)13-11-23(29)27-21-8-4-6-18-5-2-3-7-19(18)21/h2-3,5,7,9-10,15,21H,4,6,8,11-14,16H2,1H3,(H,27,29)(H,28,30)/t21-,25+/m1/s1. The van der Waals surface area contributed by atoms with Crippen LogP contribution in [-0.4, -0.2) is 24.5 Å². The van der Waals surface area contributed by atoms with Gasteiger partial charge in [0.15, 0.2) is 11.6 Å². The van der Waals surface area contributed by atoms with Crippen molar-refractivity contribution < 1.29 is 18.7 Å². The quantitative estimate of drug-likeness (QED) is 0.706. The van der Waals surface area contributed by atoms with Crippen molar-refractivity contribution in [3.05, 3.63) is 65.0 Å². The van der Waals surface area contributed by atoms with E-state index in [0.717, 1.165) is 24.8 Å². The highest BCUT2D eigenvalue weighted by Crippen LogP contribution is 2.32. The second kappa shape index (κ2) is 9.08. The zero-order chi connectivity index (χ0) is 21.8. The SMILES string of the molecule is COc1cc(C[C@]2(CCC(=O)N[C@@H]3CCCc4ccccc43)CCC(=O)N2)ccc1F. The third-order valence-electron chi connectivity index (χ3n) is 6.53. The number of hydrogen-bond donors (Lipinski definition) is 2. The lowest BCUT2D eigenvalue weighted by Gasteiger charge is -2.30. The third-order valence-corrected chi connectivity index (χ3v) is 6.53. The summed E-state index contributed by atoms with van der Waals surface area (Å²) in [5.74, 6) is -0.233. The Bertz CT molecular complexity index is 977. The van der Waals surface area contributed by atoms with Crippen molar-refractivity contribution in [2.75, 3.05) is 7.11 Å². The molecule has 0 bridgehead atoms. The molecular weight excluding hydrogens is 395 g/mol. The first-order chi connectivity index (χ1) is 15.0. The lowest BCUT2D eigenvalue weighted by atomic mass is 9.84. The summed E-state index contributed by atoms with van der Waals surface area (Å²) in [6.07, 6.45) is 5.57. The number of methoxy groups -OCH3 is 1. The average molecular weight is 425 g/mol. The molecule has 0 spiro atoms. The maximum absolute atomic E-state index is 13.8. The van der Waals surface area contributed by atoms with Gasteiger partial charge < -0.3 is 15.4 Å². The fourth-order valence-electron chi connectivity index (χ4n) is 4.91. The molecule has 1 fully saturated rings. The average Bonchev–Trinajstić information content (AvgIpc) is 3.14. The predicted octanol–water partition coefficient (Wildman–Crippen LogP) is 4.00. The number of carbonyl (C=O) groups excluding carboxylic acids is 2. The van der Waals surface area contributed by atoms with E-state index >= 15 is 0 Å². The molecule has 1 aliphatic heterocycles. The number of aryl methyl sites for hydroxylation is 1. The van der Waals surface area contributed by atoms with E-state index in [9.17, 15) is 14.0 Å². The van der Waals surface area contributed by atoms with Crippen molar-refractivity contribution in [2.24, 2.45) is 0 Å². The summed E-state index contributed by atoms with van der Waals surface area (Å²) in [4.78, 5) is 24.8. The van der Waals surface area contributed by atoms with Crippen molar-refractivity contribution in [1.29, 1.82) is 0 Å². The van der Waals surface area contributed by atoms with Gasteiger partial charge in [-0.3, -0.25) is 9.59 Å². The molecule has 2 aliphatic rings. The Labute approximate surface area is 182 Å². The summed E-state index contributed by atoms with van der Waals surface area (Å²) in [6, 6.07) is 13.1. The van der Waals surface area contributed by atoms with Gasteiger partial charge in [-0.2, -0.15) is 0 Å². The highest BCUT2D eigenvalue weighted by atomic mass is 19.1. The van der Waals surface area contributed by atoms with E-state index in [0.29, 0.717) is 32.1 Å². The number of halogens is 1. The second-order valence-corrected chi connectivity index (χ2v) is 8.69. The van der Waals surface area contributed by atoms with Gasteiger partial charge in [-0.1, -0.05) is 30.3 Å². The van der Waals surface area contributed by atoms with Crippen LogP contribution in [0.3, 0.4) is 0 Å². The molecule has 2 amide bonds. The van der Waals surface area contributed by atoms with Crippen LogP contribution in [-0.2, 0) is 22.4 Å². The van der Waals surface area contributed by atoms with Crippen LogP contribution in [0.4, 0.5) is 4.39 Å². The zero-order valence-corrected chi connectivity index (χ0v) is 17.9. The van der Waals surface area contributed by atoms with Crippen molar-refractivity contribution in [2.45, 2.75) is 62.9 Å². The van der Waals surface area contributed by atoms with Crippen LogP contribution in [0, 0.1) is 5.82 Å². The van der Waals surface area contributed by atoms with Crippen LogP contribution >= 0.6 is 0 Å². The molecule has 2 aromatic rings. The third kappa shape index (κ3) is 4.89. The van der Waals surface area contributed by atoms with E-state index in [-0.39, 0.29) is 23.6 Å². The van der Waals surface area contributed by atoms with Crippen LogP contribution in [0.2, 0.25) is 0 Å². The smallest absolute Gasteiger partial charge is 0.220 e. The molecule has 1 saturated heterocycles. The number of amides is 2. The number of hydrogen-bond acceptors (Lipinski definition) is 3. The summed E-state index contributed by atoms with van der Waals surface area (Å²) in [5, 5.41) is 6.28. The first-order valence-corrected chi connectivity index (χ1v) is 11.0. The number of ether oxygens (including phenoxy) is 1. The molecule has 5 nitrogen and oxygen atoms in total. The summed E-state index contributed by atoms with van der Waals surface area (Å²) in [6.45, 7) is 0. The Balaban J connectivity index is 1.42. The number of carbonyl (C=O) groups is 2. The lowest BCUT2D eigenvalue weighted by Crippen LogP contribution is -2.44. The van der Waals surface area contributed by atoms with Crippen LogP contribution in [0.5, 0.6) is 5.75 Å². The van der Waals surface area contributed by atoms with Crippen LogP contribution < -0.4 is 15.4 Å². The predicted molar refractivity (Wildman–Crippen MR) is 116 cm³/mol. The van der Waals surface area contributed by atoms with E-state index in [2.05, 4.69) is 22.8 Å². The topological polar surface area (TPSA) is 67.4 Å². The van der Waals surface area contributed by atoms with Gasteiger partial charge in [0.2, 0.25) is 11.8 Å². The molecule has 2 N–H and O–H groups in total. The van der Waals surface area contributed by atoms with Gasteiger partial charge in [0.05, 0.1) is 13.2 Å². The molecule has 4 rings (SSSR count). The molecular formula is C25H29FN2O3. The normalized spacial score (nSPS) is 22.5. The molecule has 164 valence electrons. The Morgan fingerprint density at radius 2 is 2.10 bits per heavy atom. The van der Waals surface area contributed by atoms with E-state index in [1.54, 1.807) is 12.1 Å². The zero-order valence-electron chi connectivity index (χ0n) is 17.9. The minimum Gasteiger partial charge on any atom is -0.494 e. The molecule has 31 heavy (non-hydrogen) atoms. The van der Waals surface area contributed by atoms with Crippen molar-refractivity contribution in [1.82, 2.24) is 10.6 Å². The van der Waals surface area contributed by atoms with Crippen LogP contribution in [0.15, 0.2) is 42.5 Å². The van der Waals surface area contributed by atoms with E-state index in [4.69, 9.17) is 4.74 Å². The van der Waals surface area contributed by atoms with Gasteiger partial charge >= 0.3 is 0 Å². The molecule has 0 unspecified atom stereocenters. The van der Waals surface area contributed by atoms with E-state index < -0.39 is 11.4 Å². The molecule has 0 saturated carbocycles. The van der Waals surface area contributed by atoms with Gasteiger partial charge in [-0.25, -0.2) is 4.39 Å². The Hall–Kier alpha value is -2.89. The Morgan fingerprint density at radius 1 is 1.26 bits per heavy atom. The van der Waals surface area contributed by atoms with Gasteiger partial charge in [0, 0.05) is 18.4 Å². The highest BCUT2D eigenvalue weighted by molar-refractivity contribution is 5.80. The molecule has 2 aromatic carbocycles. The van der Waals surface area contributed by atoms with Crippen LogP contribution in [0.1, 0.15) is 61.3 Å². The number of benzene rings is 2. The minimum absolute atomic E-state index is 0.00101. The lowest BCUT2D eigenvalue weighted by molar-refractivity contribution is -0.123. The largest absolute Gasteiger partial charge is 0.494 e. The maximum Gasteiger partial charge on any atom is 0.220 e. The molecule has 1 aliphatic carbocycles. The summed E-state index contributed by atoms with van der Waals surface area (Å²) >= 11 is 0. The Morgan fingerprint density at radius 3 is 2.87 bits per heavy atom. The number of nitrogens with one attached hydrogen (secondary N) is 2. The monoisotopic (exact) mass is 424 g/mol. The van der Waals surface area contributed by atoms with Gasteiger partial charge in [0.1, 0.15) is 0 Å². The van der Waals surface area contributed by atoms with Gasteiger partial charge in [-0.15, -0.1) is 0 Å². The minimum atomic E-state index is -0.498. The summed E-state index contributed by atoms with van der Waals surface area (Å²) in [7, 11) is 1.43. The van der Waals surface area contributed by atoms with Crippen molar-refractivity contribution in [3.8, 4) is 5.75 Å². The second-order valence-electron chi connectivity index (χ2n) is 8.69. The Kier molecular flexibility index (Phi) is 6.25. The number of fused-ring (bicyclic) bond motifs is 1. The van der Waals surface area contributed by atoms with Crippen molar-refractivity contribution in [3.63, 3.8) is 0 Å². The van der Waals surface area contributed by atoms with Gasteiger partial charge in [-0.05, 0) is 67.3 Å². The molecule has 1 heterocycles. The summed E-state index contributed by atoms with van der Waals surface area (Å²) < 4.78 is 18.9. The molecule has 0 radical (unpaired) electrons. The maximum atomic E-state index is 13.8. The van der Waals surface area contributed by atoms with E-state index in [1.807, 2.05) is 12.1 Å². The molecule has 6 heteroatoms. The molecule has 2 atom stereocenters. The first kappa shape index (κ1) is 21.3. The number of rotatable bonds is 7.